The normalized spacial score (nSPS) is 16.7. The van der Waals surface area contributed by atoms with E-state index in [0.717, 1.165) is 31.1 Å². The molecular weight excluding hydrogens is 262 g/mol. The molecule has 0 radical (unpaired) electrons. The van der Waals surface area contributed by atoms with Crippen molar-refractivity contribution in [2.75, 3.05) is 39.8 Å². The van der Waals surface area contributed by atoms with Gasteiger partial charge in [-0.3, -0.25) is 10.2 Å². The lowest BCUT2D eigenvalue weighted by Gasteiger charge is -2.32. The Kier molecular flexibility index (Phi) is 4.93. The standard InChI is InChI=1S/C13H17N3O2S/c1-15-4-6-16(7-5-15)14-13(18)11-9-12(19-10-11)3-2-8-17/h9-10,17H,4-8H2,1H3,(H,14,18). The van der Waals surface area contributed by atoms with Crippen LogP contribution in [0, 0.1) is 11.8 Å². The van der Waals surface area contributed by atoms with E-state index < -0.39 is 0 Å². The highest BCUT2D eigenvalue weighted by Crippen LogP contribution is 2.13. The topological polar surface area (TPSA) is 55.8 Å². The van der Waals surface area contributed by atoms with Crippen LogP contribution in [0.3, 0.4) is 0 Å². The van der Waals surface area contributed by atoms with Crippen LogP contribution in [0.25, 0.3) is 0 Å². The van der Waals surface area contributed by atoms with E-state index in [0.29, 0.717) is 5.56 Å². The Bertz CT molecular complexity index is 495. The van der Waals surface area contributed by atoms with Crippen LogP contribution in [0.1, 0.15) is 15.2 Å². The number of hydrazine groups is 1. The largest absolute Gasteiger partial charge is 0.384 e. The Morgan fingerprint density at radius 2 is 2.21 bits per heavy atom. The van der Waals surface area contributed by atoms with Gasteiger partial charge in [-0.05, 0) is 13.1 Å². The Morgan fingerprint density at radius 1 is 1.47 bits per heavy atom. The molecule has 0 unspecified atom stereocenters. The third-order valence-electron chi connectivity index (χ3n) is 2.92. The van der Waals surface area contributed by atoms with E-state index in [4.69, 9.17) is 5.11 Å². The van der Waals surface area contributed by atoms with Crippen LogP contribution in [-0.2, 0) is 0 Å². The van der Waals surface area contributed by atoms with E-state index in [-0.39, 0.29) is 12.5 Å². The third kappa shape index (κ3) is 4.04. The van der Waals surface area contributed by atoms with E-state index in [1.807, 2.05) is 5.01 Å². The number of aliphatic hydroxyl groups is 1. The molecule has 0 atom stereocenters. The zero-order chi connectivity index (χ0) is 13.7. The van der Waals surface area contributed by atoms with Crippen LogP contribution in [0.2, 0.25) is 0 Å². The summed E-state index contributed by atoms with van der Waals surface area (Å²) >= 11 is 1.41. The van der Waals surface area contributed by atoms with Crippen LogP contribution in [-0.4, -0.2) is 60.8 Å². The second kappa shape index (κ2) is 6.68. The van der Waals surface area contributed by atoms with Crippen LogP contribution in [0.15, 0.2) is 11.4 Å². The first-order chi connectivity index (χ1) is 9.19. The highest BCUT2D eigenvalue weighted by molar-refractivity contribution is 7.10. The maximum Gasteiger partial charge on any atom is 0.266 e. The van der Waals surface area contributed by atoms with Gasteiger partial charge < -0.3 is 10.0 Å². The molecule has 1 fully saturated rings. The summed E-state index contributed by atoms with van der Waals surface area (Å²) in [6.45, 7) is 3.42. The Balaban J connectivity index is 1.91. The first kappa shape index (κ1) is 14.0. The predicted molar refractivity (Wildman–Crippen MR) is 74.8 cm³/mol. The second-order valence-electron chi connectivity index (χ2n) is 4.39. The van der Waals surface area contributed by atoms with Gasteiger partial charge in [-0.15, -0.1) is 11.3 Å². The Labute approximate surface area is 116 Å². The zero-order valence-corrected chi connectivity index (χ0v) is 11.7. The van der Waals surface area contributed by atoms with Gasteiger partial charge in [-0.2, -0.15) is 0 Å². The molecule has 5 nitrogen and oxygen atoms in total. The maximum absolute atomic E-state index is 12.0. The molecule has 2 rings (SSSR count). The van der Waals surface area contributed by atoms with Crippen molar-refractivity contribution in [3.8, 4) is 11.8 Å². The summed E-state index contributed by atoms with van der Waals surface area (Å²) < 4.78 is 0. The molecule has 0 saturated carbocycles. The SMILES string of the molecule is CN1CCN(NC(=O)c2csc(C#CCO)c2)CC1. The van der Waals surface area contributed by atoms with Crippen molar-refractivity contribution in [1.82, 2.24) is 15.3 Å². The van der Waals surface area contributed by atoms with Crippen molar-refractivity contribution in [1.29, 1.82) is 0 Å². The van der Waals surface area contributed by atoms with Crippen molar-refractivity contribution < 1.29 is 9.90 Å². The summed E-state index contributed by atoms with van der Waals surface area (Å²) in [6, 6.07) is 1.75. The zero-order valence-electron chi connectivity index (χ0n) is 10.8. The van der Waals surface area contributed by atoms with Crippen LogP contribution < -0.4 is 5.43 Å². The van der Waals surface area contributed by atoms with Crippen LogP contribution in [0.5, 0.6) is 0 Å². The molecule has 102 valence electrons. The fraction of sp³-hybridized carbons (Fsp3) is 0.462. The highest BCUT2D eigenvalue weighted by Gasteiger charge is 2.17. The number of carbonyl (C=O) groups excluding carboxylic acids is 1. The number of nitrogens with zero attached hydrogens (tertiary/aromatic N) is 2. The molecule has 6 heteroatoms. The number of piperazine rings is 1. The number of hydrogen-bond donors (Lipinski definition) is 2. The van der Waals surface area contributed by atoms with Gasteiger partial charge in [-0.1, -0.05) is 11.8 Å². The lowest BCUT2D eigenvalue weighted by atomic mass is 10.3. The average molecular weight is 279 g/mol. The summed E-state index contributed by atoms with van der Waals surface area (Å²) in [6.07, 6.45) is 0. The molecule has 1 aliphatic rings. The molecule has 1 aromatic rings. The van der Waals surface area contributed by atoms with E-state index in [9.17, 15) is 4.79 Å². The molecule has 1 amide bonds. The number of nitrogens with one attached hydrogen (secondary N) is 1. The molecule has 2 heterocycles. The predicted octanol–water partition coefficient (Wildman–Crippen LogP) is -0.0159. The number of likely N-dealkylation sites (N-methyl/N-ethyl adjacent to an activating group) is 1. The van der Waals surface area contributed by atoms with E-state index >= 15 is 0 Å². The van der Waals surface area contributed by atoms with Gasteiger partial charge in [0.1, 0.15) is 6.61 Å². The first-order valence-electron chi connectivity index (χ1n) is 6.12. The van der Waals surface area contributed by atoms with Crippen LogP contribution in [0.4, 0.5) is 0 Å². The fourth-order valence-corrected chi connectivity index (χ4v) is 2.53. The summed E-state index contributed by atoms with van der Waals surface area (Å²) in [4.78, 5) is 15.0. The Hall–Kier alpha value is -1.39. The third-order valence-corrected chi connectivity index (χ3v) is 3.76. The van der Waals surface area contributed by atoms with E-state index in [2.05, 4.69) is 29.2 Å². The van der Waals surface area contributed by atoms with E-state index in [1.165, 1.54) is 11.3 Å². The first-order valence-corrected chi connectivity index (χ1v) is 7.00. The lowest BCUT2D eigenvalue weighted by molar-refractivity contribution is 0.0663. The molecule has 0 aliphatic carbocycles. The van der Waals surface area contributed by atoms with Crippen molar-refractivity contribution in [2.24, 2.45) is 0 Å². The van der Waals surface area contributed by atoms with Gasteiger partial charge in [-0.25, -0.2) is 5.01 Å². The minimum Gasteiger partial charge on any atom is -0.384 e. The quantitative estimate of drug-likeness (QED) is 0.747. The summed E-state index contributed by atoms with van der Waals surface area (Å²) in [5, 5.41) is 12.4. The number of hydrogen-bond acceptors (Lipinski definition) is 5. The summed E-state index contributed by atoms with van der Waals surface area (Å²) in [5.41, 5.74) is 3.52. The molecule has 0 aromatic carbocycles. The second-order valence-corrected chi connectivity index (χ2v) is 5.30. The summed E-state index contributed by atoms with van der Waals surface area (Å²) in [5.74, 6) is 5.27. The number of thiophene rings is 1. The highest BCUT2D eigenvalue weighted by atomic mass is 32.1. The minimum absolute atomic E-state index is 0.0992. The molecule has 2 N–H and O–H groups in total. The molecule has 0 spiro atoms. The molecule has 1 aromatic heterocycles. The monoisotopic (exact) mass is 279 g/mol. The van der Waals surface area contributed by atoms with Gasteiger partial charge in [0.2, 0.25) is 0 Å². The Morgan fingerprint density at radius 3 is 2.89 bits per heavy atom. The molecule has 1 aliphatic heterocycles. The smallest absolute Gasteiger partial charge is 0.266 e. The number of aliphatic hydroxyl groups excluding tert-OH is 1. The average Bonchev–Trinajstić information content (AvgIpc) is 2.88. The van der Waals surface area contributed by atoms with Gasteiger partial charge in [0.15, 0.2) is 0 Å². The maximum atomic E-state index is 12.0. The number of rotatable bonds is 2. The number of amides is 1. The lowest BCUT2D eigenvalue weighted by Crippen LogP contribution is -2.52. The van der Waals surface area contributed by atoms with Crippen molar-refractivity contribution >= 4 is 17.2 Å². The van der Waals surface area contributed by atoms with Gasteiger partial charge in [0.05, 0.1) is 10.4 Å². The molecule has 19 heavy (non-hydrogen) atoms. The van der Waals surface area contributed by atoms with Crippen LogP contribution >= 0.6 is 11.3 Å². The minimum atomic E-state index is -0.166. The van der Waals surface area contributed by atoms with Gasteiger partial charge >= 0.3 is 0 Å². The number of carbonyl (C=O) groups is 1. The molecule has 1 saturated heterocycles. The van der Waals surface area contributed by atoms with Gasteiger partial charge in [0.25, 0.3) is 5.91 Å². The van der Waals surface area contributed by atoms with E-state index in [1.54, 1.807) is 11.4 Å². The van der Waals surface area contributed by atoms with Gasteiger partial charge in [0, 0.05) is 31.6 Å². The summed E-state index contributed by atoms with van der Waals surface area (Å²) in [7, 11) is 2.07. The van der Waals surface area contributed by atoms with Crippen molar-refractivity contribution in [2.45, 2.75) is 0 Å². The molecule has 0 bridgehead atoms. The fourth-order valence-electron chi connectivity index (χ4n) is 1.77. The van der Waals surface area contributed by atoms with Crippen molar-refractivity contribution in [3.63, 3.8) is 0 Å². The van der Waals surface area contributed by atoms with Crippen molar-refractivity contribution in [3.05, 3.63) is 21.9 Å². The molecular formula is C13H17N3O2S.